The number of aryl methyl sites for hydroxylation is 2. The minimum Gasteiger partial charge on any atom is -0.494 e. The van der Waals surface area contributed by atoms with Gasteiger partial charge in [0.15, 0.2) is 0 Å². The van der Waals surface area contributed by atoms with Gasteiger partial charge in [0.2, 0.25) is 11.8 Å². The lowest BCUT2D eigenvalue weighted by atomic mass is 10.2. The molecule has 8 nitrogen and oxygen atoms in total. The average Bonchev–Trinajstić information content (AvgIpc) is 3.28. The number of aromatic nitrogens is 3. The second-order valence-corrected chi connectivity index (χ2v) is 7.63. The van der Waals surface area contributed by atoms with E-state index in [1.165, 1.54) is 12.0 Å². The van der Waals surface area contributed by atoms with Crippen LogP contribution in [-0.2, 0) is 7.05 Å². The summed E-state index contributed by atoms with van der Waals surface area (Å²) in [5.74, 6) is -0.656. The molecule has 0 radical (unpaired) electrons. The number of ether oxygens (including phenoxy) is 1. The normalized spacial score (nSPS) is 10.5. The Kier molecular flexibility index (Phi) is 6.50. The van der Waals surface area contributed by atoms with E-state index in [-0.39, 0.29) is 17.4 Å². The Morgan fingerprint density at radius 1 is 1.29 bits per heavy atom. The van der Waals surface area contributed by atoms with Crippen molar-refractivity contribution in [1.82, 2.24) is 14.5 Å². The van der Waals surface area contributed by atoms with Crippen molar-refractivity contribution in [2.45, 2.75) is 20.8 Å². The predicted molar refractivity (Wildman–Crippen MR) is 121 cm³/mol. The van der Waals surface area contributed by atoms with Crippen LogP contribution in [0.15, 0.2) is 36.7 Å². The molecule has 3 heterocycles. The van der Waals surface area contributed by atoms with Crippen molar-refractivity contribution in [3.63, 3.8) is 0 Å². The van der Waals surface area contributed by atoms with Crippen LogP contribution in [0.25, 0.3) is 21.5 Å². The first-order valence-electron chi connectivity index (χ1n) is 9.55. The Balaban J connectivity index is 0.00000132. The van der Waals surface area contributed by atoms with Crippen LogP contribution in [0, 0.1) is 22.9 Å². The molecular formula is C21H22FN5O3S. The van der Waals surface area contributed by atoms with E-state index in [0.717, 1.165) is 27.9 Å². The Bertz CT molecular complexity index is 1250. The number of hydrogen-bond acceptors (Lipinski definition) is 7. The third kappa shape index (κ3) is 4.33. The van der Waals surface area contributed by atoms with Gasteiger partial charge in [0.1, 0.15) is 5.75 Å². The summed E-state index contributed by atoms with van der Waals surface area (Å²) in [5.41, 5.74) is 2.31. The predicted octanol–water partition coefficient (Wildman–Crippen LogP) is 5.83. The van der Waals surface area contributed by atoms with Crippen LogP contribution in [0.2, 0.25) is 0 Å². The Hall–Kier alpha value is -3.53. The van der Waals surface area contributed by atoms with Crippen LogP contribution in [0.4, 0.5) is 21.7 Å². The Morgan fingerprint density at radius 3 is 2.71 bits per heavy atom. The van der Waals surface area contributed by atoms with Crippen molar-refractivity contribution in [3.05, 3.63) is 57.5 Å². The van der Waals surface area contributed by atoms with Crippen molar-refractivity contribution in [1.29, 1.82) is 0 Å². The van der Waals surface area contributed by atoms with Gasteiger partial charge in [-0.25, -0.2) is 9.97 Å². The average molecular weight is 444 g/mol. The molecule has 0 fully saturated rings. The highest BCUT2D eigenvalue weighted by molar-refractivity contribution is 7.19. The van der Waals surface area contributed by atoms with E-state index in [2.05, 4.69) is 28.3 Å². The largest absolute Gasteiger partial charge is 0.494 e. The standard InChI is InChI=1S/C19H16FN5O3S.C2H6/c1-10-6-16-18(29-10)11(9-24(16)2)13-4-5-21-19(22-13)23-14-8-15(25(26)27)12(20)7-17(14)28-3;1-2/h4-9H,1-3H3,(H,21,22,23);1-2H3. The fourth-order valence-corrected chi connectivity index (χ4v) is 4.17. The van der Waals surface area contributed by atoms with Crippen molar-refractivity contribution in [2.24, 2.45) is 7.05 Å². The zero-order chi connectivity index (χ0) is 22.7. The van der Waals surface area contributed by atoms with E-state index in [9.17, 15) is 14.5 Å². The maximum Gasteiger partial charge on any atom is 0.307 e. The fraction of sp³-hybridized carbons (Fsp3) is 0.238. The molecule has 4 rings (SSSR count). The van der Waals surface area contributed by atoms with Crippen LogP contribution in [0.3, 0.4) is 0 Å². The summed E-state index contributed by atoms with van der Waals surface area (Å²) >= 11 is 1.68. The van der Waals surface area contributed by atoms with Crippen molar-refractivity contribution in [2.75, 3.05) is 12.4 Å². The van der Waals surface area contributed by atoms with Crippen molar-refractivity contribution >= 4 is 38.9 Å². The molecule has 0 saturated carbocycles. The number of rotatable bonds is 5. The fourth-order valence-electron chi connectivity index (χ4n) is 3.10. The molecule has 0 aliphatic carbocycles. The van der Waals surface area contributed by atoms with E-state index in [4.69, 9.17) is 4.74 Å². The van der Waals surface area contributed by atoms with Crippen molar-refractivity contribution in [3.8, 4) is 17.0 Å². The summed E-state index contributed by atoms with van der Waals surface area (Å²) in [6.07, 6.45) is 3.59. The lowest BCUT2D eigenvalue weighted by Gasteiger charge is -2.11. The number of nitrogens with zero attached hydrogens (tertiary/aromatic N) is 4. The van der Waals surface area contributed by atoms with Crippen LogP contribution >= 0.6 is 11.3 Å². The molecule has 0 unspecified atom stereocenters. The third-order valence-corrected chi connectivity index (χ3v) is 5.50. The summed E-state index contributed by atoms with van der Waals surface area (Å²) in [6.45, 7) is 6.05. The summed E-state index contributed by atoms with van der Waals surface area (Å²) in [5, 5.41) is 14.0. The molecule has 4 aromatic rings. The number of benzene rings is 1. The number of hydrogen-bond donors (Lipinski definition) is 1. The van der Waals surface area contributed by atoms with Gasteiger partial charge < -0.3 is 14.6 Å². The third-order valence-electron chi connectivity index (χ3n) is 4.43. The number of halogens is 1. The lowest BCUT2D eigenvalue weighted by Crippen LogP contribution is -2.02. The van der Waals surface area contributed by atoms with Gasteiger partial charge in [-0.15, -0.1) is 11.3 Å². The molecule has 0 aliphatic heterocycles. The molecule has 0 spiro atoms. The molecule has 0 saturated heterocycles. The summed E-state index contributed by atoms with van der Waals surface area (Å²) in [7, 11) is 3.32. The minimum atomic E-state index is -0.980. The smallest absolute Gasteiger partial charge is 0.307 e. The first-order valence-corrected chi connectivity index (χ1v) is 10.4. The van der Waals surface area contributed by atoms with Crippen LogP contribution < -0.4 is 10.1 Å². The molecule has 10 heteroatoms. The van der Waals surface area contributed by atoms with E-state index in [1.807, 2.05) is 31.7 Å². The molecule has 3 aromatic heterocycles. The number of nitro benzene ring substituents is 1. The second-order valence-electron chi connectivity index (χ2n) is 6.38. The van der Waals surface area contributed by atoms with E-state index in [0.29, 0.717) is 5.69 Å². The van der Waals surface area contributed by atoms with E-state index >= 15 is 0 Å². The van der Waals surface area contributed by atoms with Crippen LogP contribution in [0.1, 0.15) is 18.7 Å². The van der Waals surface area contributed by atoms with Gasteiger partial charge in [0.25, 0.3) is 0 Å². The lowest BCUT2D eigenvalue weighted by molar-refractivity contribution is -0.387. The molecule has 31 heavy (non-hydrogen) atoms. The highest BCUT2D eigenvalue weighted by Crippen LogP contribution is 2.36. The van der Waals surface area contributed by atoms with E-state index < -0.39 is 16.4 Å². The van der Waals surface area contributed by atoms with Gasteiger partial charge in [-0.1, -0.05) is 13.8 Å². The first-order chi connectivity index (χ1) is 14.9. The summed E-state index contributed by atoms with van der Waals surface area (Å²) < 4.78 is 22.1. The number of anilines is 2. The van der Waals surface area contributed by atoms with Gasteiger partial charge in [-0.05, 0) is 19.1 Å². The second kappa shape index (κ2) is 9.09. The topological polar surface area (TPSA) is 95.1 Å². The maximum atomic E-state index is 13.9. The van der Waals surface area contributed by atoms with Crippen LogP contribution in [0.5, 0.6) is 5.75 Å². The molecule has 1 aromatic carbocycles. The van der Waals surface area contributed by atoms with Crippen molar-refractivity contribution < 1.29 is 14.1 Å². The zero-order valence-electron chi connectivity index (χ0n) is 17.8. The van der Waals surface area contributed by atoms with Gasteiger partial charge in [-0.3, -0.25) is 10.1 Å². The molecule has 0 aliphatic rings. The highest BCUT2D eigenvalue weighted by Gasteiger charge is 2.20. The number of fused-ring (bicyclic) bond motifs is 1. The molecular weight excluding hydrogens is 421 g/mol. The Morgan fingerprint density at radius 2 is 2.03 bits per heavy atom. The minimum absolute atomic E-state index is 0.109. The SMILES string of the molecule is CC.COc1cc(F)c([N+](=O)[O-])cc1Nc1nccc(-c2cn(C)c3cc(C)sc23)n1. The molecule has 0 atom stereocenters. The first kappa shape index (κ1) is 22.2. The molecule has 0 amide bonds. The highest BCUT2D eigenvalue weighted by atomic mass is 32.1. The van der Waals surface area contributed by atoms with Crippen LogP contribution in [-0.4, -0.2) is 26.6 Å². The number of methoxy groups -OCH3 is 1. The summed E-state index contributed by atoms with van der Waals surface area (Å²) in [6, 6.07) is 5.93. The maximum absolute atomic E-state index is 13.9. The summed E-state index contributed by atoms with van der Waals surface area (Å²) in [4.78, 5) is 20.2. The zero-order valence-corrected chi connectivity index (χ0v) is 18.6. The monoisotopic (exact) mass is 443 g/mol. The van der Waals surface area contributed by atoms with Gasteiger partial charge in [0, 0.05) is 42.0 Å². The molecule has 0 bridgehead atoms. The number of nitrogens with one attached hydrogen (secondary N) is 1. The molecule has 162 valence electrons. The number of thiophene rings is 1. The quantitative estimate of drug-likeness (QED) is 0.308. The molecule has 1 N–H and O–H groups in total. The van der Waals surface area contributed by atoms with Gasteiger partial charge >= 0.3 is 5.69 Å². The van der Waals surface area contributed by atoms with E-state index in [1.54, 1.807) is 23.6 Å². The van der Waals surface area contributed by atoms with Gasteiger partial charge in [0.05, 0.1) is 33.6 Å². The Labute approximate surface area is 182 Å². The number of nitro groups is 1. The van der Waals surface area contributed by atoms with Gasteiger partial charge in [-0.2, -0.15) is 4.39 Å².